The summed E-state index contributed by atoms with van der Waals surface area (Å²) in [6.45, 7) is 6.33. The monoisotopic (exact) mass is 379 g/mol. The third-order valence-corrected chi connectivity index (χ3v) is 5.36. The summed E-state index contributed by atoms with van der Waals surface area (Å²) in [4.78, 5) is 25.0. The fraction of sp³-hybridized carbons (Fsp3) is 0.182. The molecule has 0 fully saturated rings. The van der Waals surface area contributed by atoms with Gasteiger partial charge in [0.1, 0.15) is 5.00 Å². The maximum absolute atomic E-state index is 12.6. The Morgan fingerprint density at radius 3 is 2.15 bits per heavy atom. The summed E-state index contributed by atoms with van der Waals surface area (Å²) < 4.78 is 0. The zero-order valence-electron chi connectivity index (χ0n) is 15.4. The van der Waals surface area contributed by atoms with Crippen LogP contribution < -0.4 is 5.32 Å². The Kier molecular flexibility index (Phi) is 5.15. The van der Waals surface area contributed by atoms with Crippen molar-refractivity contribution in [3.63, 3.8) is 0 Å². The lowest BCUT2D eigenvalue weighted by Gasteiger charge is -2.19. The van der Waals surface area contributed by atoms with Crippen LogP contribution in [0.1, 0.15) is 47.1 Å². The third kappa shape index (κ3) is 4.26. The second kappa shape index (κ2) is 7.37. The fourth-order valence-electron chi connectivity index (χ4n) is 2.68. The molecule has 138 valence electrons. The molecular formula is C22H21NO3S. The van der Waals surface area contributed by atoms with E-state index in [1.165, 1.54) is 11.3 Å². The number of carboxylic acids is 1. The predicted octanol–water partition coefficient (Wildman–Crippen LogP) is 5.66. The topological polar surface area (TPSA) is 66.4 Å². The largest absolute Gasteiger partial charge is 0.478 e. The molecule has 2 N–H and O–H groups in total. The Morgan fingerprint density at radius 1 is 0.963 bits per heavy atom. The van der Waals surface area contributed by atoms with Crippen LogP contribution in [0.15, 0.2) is 60.7 Å². The number of thiophene rings is 1. The van der Waals surface area contributed by atoms with Crippen LogP contribution >= 0.6 is 11.3 Å². The lowest BCUT2D eigenvalue weighted by Crippen LogP contribution is -2.15. The van der Waals surface area contributed by atoms with Gasteiger partial charge in [0.2, 0.25) is 0 Å². The van der Waals surface area contributed by atoms with Gasteiger partial charge in [-0.15, -0.1) is 11.3 Å². The Labute approximate surface area is 162 Å². The smallest absolute Gasteiger partial charge is 0.338 e. The predicted molar refractivity (Wildman–Crippen MR) is 110 cm³/mol. The molecule has 3 aromatic rings. The van der Waals surface area contributed by atoms with Crippen molar-refractivity contribution in [3.8, 4) is 10.4 Å². The molecular weight excluding hydrogens is 358 g/mol. The second-order valence-corrected chi connectivity index (χ2v) is 8.36. The first-order valence-corrected chi connectivity index (χ1v) is 9.42. The van der Waals surface area contributed by atoms with Crippen molar-refractivity contribution in [1.82, 2.24) is 0 Å². The minimum absolute atomic E-state index is 0.00379. The van der Waals surface area contributed by atoms with Crippen molar-refractivity contribution in [2.24, 2.45) is 0 Å². The van der Waals surface area contributed by atoms with E-state index in [9.17, 15) is 14.7 Å². The highest BCUT2D eigenvalue weighted by molar-refractivity contribution is 7.20. The van der Waals surface area contributed by atoms with Gasteiger partial charge in [0.25, 0.3) is 5.91 Å². The van der Waals surface area contributed by atoms with Crippen LogP contribution in [-0.4, -0.2) is 17.0 Å². The van der Waals surface area contributed by atoms with Crippen molar-refractivity contribution in [2.75, 3.05) is 5.32 Å². The van der Waals surface area contributed by atoms with Gasteiger partial charge in [-0.2, -0.15) is 0 Å². The summed E-state index contributed by atoms with van der Waals surface area (Å²) in [6, 6.07) is 18.5. The molecule has 0 aliphatic rings. The Bertz CT molecular complexity index is 967. The molecule has 5 heteroatoms. The van der Waals surface area contributed by atoms with Gasteiger partial charge >= 0.3 is 5.97 Å². The number of aromatic carboxylic acids is 1. The number of hydrogen-bond acceptors (Lipinski definition) is 3. The average Bonchev–Trinajstić information content (AvgIpc) is 3.06. The molecule has 27 heavy (non-hydrogen) atoms. The van der Waals surface area contributed by atoms with E-state index in [-0.39, 0.29) is 16.9 Å². The lowest BCUT2D eigenvalue weighted by atomic mass is 9.87. The highest BCUT2D eigenvalue weighted by Crippen LogP contribution is 2.35. The molecule has 1 amide bonds. The fourth-order valence-corrected chi connectivity index (χ4v) is 3.73. The molecule has 0 radical (unpaired) electrons. The second-order valence-electron chi connectivity index (χ2n) is 7.31. The van der Waals surface area contributed by atoms with E-state index < -0.39 is 5.97 Å². The van der Waals surface area contributed by atoms with Gasteiger partial charge in [-0.3, -0.25) is 4.79 Å². The summed E-state index contributed by atoms with van der Waals surface area (Å²) in [7, 11) is 0. The normalized spacial score (nSPS) is 11.2. The summed E-state index contributed by atoms with van der Waals surface area (Å²) in [5, 5.41) is 12.6. The van der Waals surface area contributed by atoms with E-state index in [4.69, 9.17) is 0 Å². The molecule has 0 aliphatic heterocycles. The van der Waals surface area contributed by atoms with Crippen LogP contribution in [0.5, 0.6) is 0 Å². The van der Waals surface area contributed by atoms with Crippen LogP contribution in [0.2, 0.25) is 0 Å². The molecule has 4 nitrogen and oxygen atoms in total. The quantitative estimate of drug-likeness (QED) is 0.614. The van der Waals surface area contributed by atoms with Crippen LogP contribution in [-0.2, 0) is 5.41 Å². The van der Waals surface area contributed by atoms with E-state index in [0.717, 1.165) is 16.0 Å². The van der Waals surface area contributed by atoms with Gasteiger partial charge < -0.3 is 10.4 Å². The van der Waals surface area contributed by atoms with E-state index in [1.807, 2.05) is 42.5 Å². The zero-order valence-corrected chi connectivity index (χ0v) is 16.3. The average molecular weight is 379 g/mol. The van der Waals surface area contributed by atoms with E-state index in [2.05, 4.69) is 26.1 Å². The van der Waals surface area contributed by atoms with Crippen LogP contribution in [0.3, 0.4) is 0 Å². The minimum Gasteiger partial charge on any atom is -0.478 e. The first-order chi connectivity index (χ1) is 12.8. The lowest BCUT2D eigenvalue weighted by molar-refractivity contribution is 0.0698. The number of benzene rings is 2. The van der Waals surface area contributed by atoms with Crippen molar-refractivity contribution >= 4 is 28.2 Å². The van der Waals surface area contributed by atoms with E-state index >= 15 is 0 Å². The molecule has 0 aliphatic carbocycles. The molecule has 1 heterocycles. The van der Waals surface area contributed by atoms with E-state index in [0.29, 0.717) is 10.6 Å². The van der Waals surface area contributed by atoms with Crippen molar-refractivity contribution in [3.05, 3.63) is 77.4 Å². The highest BCUT2D eigenvalue weighted by atomic mass is 32.1. The molecule has 0 saturated carbocycles. The molecule has 1 aromatic heterocycles. The van der Waals surface area contributed by atoms with Crippen molar-refractivity contribution < 1.29 is 14.7 Å². The number of nitrogens with one attached hydrogen (secondary N) is 1. The third-order valence-electron chi connectivity index (χ3n) is 4.26. The maximum atomic E-state index is 12.6. The van der Waals surface area contributed by atoms with Gasteiger partial charge in [0.05, 0.1) is 5.56 Å². The summed E-state index contributed by atoms with van der Waals surface area (Å²) >= 11 is 1.26. The first-order valence-electron chi connectivity index (χ1n) is 8.60. The molecule has 3 rings (SSSR count). The molecule has 0 atom stereocenters. The number of hydrogen-bond donors (Lipinski definition) is 2. The number of amides is 1. The number of anilines is 1. The summed E-state index contributed by atoms with van der Waals surface area (Å²) in [5.41, 5.74) is 2.64. The number of rotatable bonds is 4. The summed E-state index contributed by atoms with van der Waals surface area (Å²) in [5.74, 6) is -1.38. The maximum Gasteiger partial charge on any atom is 0.338 e. The minimum atomic E-state index is -1.06. The Balaban J connectivity index is 1.87. The zero-order chi connectivity index (χ0) is 19.6. The van der Waals surface area contributed by atoms with Gasteiger partial charge in [-0.1, -0.05) is 63.2 Å². The molecule has 2 aromatic carbocycles. The molecule has 0 saturated heterocycles. The Hall–Kier alpha value is -2.92. The number of carbonyl (C=O) groups is 2. The van der Waals surface area contributed by atoms with Crippen LogP contribution in [0.25, 0.3) is 10.4 Å². The number of carbonyl (C=O) groups excluding carboxylic acids is 1. The SMILES string of the molecule is CC(C)(C)c1ccc(C(=O)Nc2sc(-c3ccccc3)cc2C(=O)O)cc1. The van der Waals surface area contributed by atoms with Gasteiger partial charge in [0, 0.05) is 10.4 Å². The first kappa shape index (κ1) is 18.9. The van der Waals surface area contributed by atoms with Crippen molar-refractivity contribution in [2.45, 2.75) is 26.2 Å². The Morgan fingerprint density at radius 2 is 1.59 bits per heavy atom. The summed E-state index contributed by atoms with van der Waals surface area (Å²) in [6.07, 6.45) is 0. The molecule has 0 unspecified atom stereocenters. The van der Waals surface area contributed by atoms with Gasteiger partial charge in [0.15, 0.2) is 0 Å². The van der Waals surface area contributed by atoms with Crippen molar-refractivity contribution in [1.29, 1.82) is 0 Å². The van der Waals surface area contributed by atoms with Crippen LogP contribution in [0.4, 0.5) is 5.00 Å². The van der Waals surface area contributed by atoms with Crippen LogP contribution in [0, 0.1) is 0 Å². The standard InChI is InChI=1S/C22H21NO3S/c1-22(2,3)16-11-9-15(10-12-16)19(24)23-20-17(21(25)26)13-18(27-20)14-7-5-4-6-8-14/h4-13H,1-3H3,(H,23,24)(H,25,26). The highest BCUT2D eigenvalue weighted by Gasteiger charge is 2.19. The molecule has 0 bridgehead atoms. The number of carboxylic acid groups (broad SMARTS) is 1. The van der Waals surface area contributed by atoms with Gasteiger partial charge in [-0.05, 0) is 34.7 Å². The van der Waals surface area contributed by atoms with E-state index in [1.54, 1.807) is 18.2 Å². The molecule has 0 spiro atoms. The van der Waals surface area contributed by atoms with Gasteiger partial charge in [-0.25, -0.2) is 4.79 Å².